The summed E-state index contributed by atoms with van der Waals surface area (Å²) >= 11 is 0. The van der Waals surface area contributed by atoms with Crippen LogP contribution in [0.15, 0.2) is 83.9 Å². The highest BCUT2D eigenvalue weighted by Crippen LogP contribution is 2.20. The van der Waals surface area contributed by atoms with E-state index in [1.54, 1.807) is 23.9 Å². The highest BCUT2D eigenvalue weighted by molar-refractivity contribution is 5.95. The van der Waals surface area contributed by atoms with Crippen LogP contribution in [0, 0.1) is 6.92 Å². The summed E-state index contributed by atoms with van der Waals surface area (Å²) < 4.78 is 7.59. The molecular formula is C30H34ClN3O3. The smallest absolute Gasteiger partial charge is 0.254 e. The van der Waals surface area contributed by atoms with E-state index in [-0.39, 0.29) is 23.9 Å². The summed E-state index contributed by atoms with van der Waals surface area (Å²) in [6.45, 7) is 3.96. The van der Waals surface area contributed by atoms with Crippen LogP contribution in [0.2, 0.25) is 0 Å². The van der Waals surface area contributed by atoms with Gasteiger partial charge < -0.3 is 14.2 Å². The van der Waals surface area contributed by atoms with Gasteiger partial charge >= 0.3 is 0 Å². The maximum atomic E-state index is 13.3. The average molecular weight is 520 g/mol. The first-order valence-electron chi connectivity index (χ1n) is 12.5. The van der Waals surface area contributed by atoms with Crippen molar-refractivity contribution in [2.24, 2.45) is 7.05 Å². The molecule has 2 aromatic carbocycles. The molecule has 0 saturated heterocycles. The molecule has 37 heavy (non-hydrogen) atoms. The summed E-state index contributed by atoms with van der Waals surface area (Å²) in [5.74, 6) is 0.882. The van der Waals surface area contributed by atoms with Crippen molar-refractivity contribution in [1.29, 1.82) is 0 Å². The summed E-state index contributed by atoms with van der Waals surface area (Å²) in [7, 11) is 1.77. The largest absolute Gasteiger partial charge is 0.494 e. The Hall–Kier alpha value is -3.64. The van der Waals surface area contributed by atoms with Crippen LogP contribution in [-0.2, 0) is 13.5 Å². The molecule has 0 aliphatic rings. The van der Waals surface area contributed by atoms with Gasteiger partial charge in [0.15, 0.2) is 0 Å². The number of carbonyl (C=O) groups excluding carboxylic acids is 1. The lowest BCUT2D eigenvalue weighted by atomic mass is 10.1. The zero-order chi connectivity index (χ0) is 25.3. The number of hydrogen-bond acceptors (Lipinski definition) is 4. The van der Waals surface area contributed by atoms with E-state index in [2.05, 4.69) is 4.98 Å². The van der Waals surface area contributed by atoms with Crippen molar-refractivity contribution >= 4 is 29.2 Å². The number of aromatic nitrogens is 2. The van der Waals surface area contributed by atoms with Gasteiger partial charge in [0.25, 0.3) is 11.5 Å². The Morgan fingerprint density at radius 3 is 2.59 bits per heavy atom. The van der Waals surface area contributed by atoms with Crippen LogP contribution in [0.5, 0.6) is 5.75 Å². The van der Waals surface area contributed by atoms with Crippen LogP contribution in [0.25, 0.3) is 10.9 Å². The van der Waals surface area contributed by atoms with Crippen molar-refractivity contribution in [2.75, 3.05) is 19.7 Å². The number of rotatable bonds is 11. The first-order valence-corrected chi connectivity index (χ1v) is 12.5. The minimum absolute atomic E-state index is 0. The maximum Gasteiger partial charge on any atom is 0.254 e. The fourth-order valence-electron chi connectivity index (χ4n) is 4.33. The first-order chi connectivity index (χ1) is 17.5. The molecule has 0 unspecified atom stereocenters. The van der Waals surface area contributed by atoms with E-state index in [1.807, 2.05) is 78.7 Å². The third-order valence-corrected chi connectivity index (χ3v) is 6.49. The molecule has 2 aromatic heterocycles. The lowest BCUT2D eigenvalue weighted by molar-refractivity contribution is 0.0753. The fraction of sp³-hybridized carbons (Fsp3) is 0.300. The van der Waals surface area contributed by atoms with E-state index in [4.69, 9.17) is 4.74 Å². The molecule has 0 aliphatic carbocycles. The normalized spacial score (nSPS) is 10.6. The molecule has 6 nitrogen and oxygen atoms in total. The summed E-state index contributed by atoms with van der Waals surface area (Å²) in [4.78, 5) is 31.3. The minimum atomic E-state index is -0.0217. The van der Waals surface area contributed by atoms with Gasteiger partial charge in [-0.25, -0.2) is 0 Å². The van der Waals surface area contributed by atoms with Gasteiger partial charge in [0, 0.05) is 49.5 Å². The highest BCUT2D eigenvalue weighted by Gasteiger charge is 2.17. The Morgan fingerprint density at radius 2 is 1.81 bits per heavy atom. The number of unbranched alkanes of at least 4 members (excludes halogenated alkanes) is 2. The molecule has 0 aliphatic heterocycles. The zero-order valence-corrected chi connectivity index (χ0v) is 22.2. The van der Waals surface area contributed by atoms with Crippen LogP contribution >= 0.6 is 12.4 Å². The quantitative estimate of drug-likeness (QED) is 0.242. The van der Waals surface area contributed by atoms with Crippen molar-refractivity contribution in [1.82, 2.24) is 14.5 Å². The van der Waals surface area contributed by atoms with E-state index in [9.17, 15) is 9.59 Å². The number of amides is 1. The molecule has 0 atom stereocenters. The number of halogens is 1. The lowest BCUT2D eigenvalue weighted by Crippen LogP contribution is -2.34. The molecule has 1 amide bonds. The second-order valence-electron chi connectivity index (χ2n) is 9.08. The number of carbonyl (C=O) groups is 1. The van der Waals surface area contributed by atoms with Crippen molar-refractivity contribution < 1.29 is 9.53 Å². The fourth-order valence-corrected chi connectivity index (χ4v) is 4.33. The summed E-state index contributed by atoms with van der Waals surface area (Å²) in [6, 6.07) is 20.9. The molecule has 0 bridgehead atoms. The third-order valence-electron chi connectivity index (χ3n) is 6.49. The molecule has 0 radical (unpaired) electrons. The van der Waals surface area contributed by atoms with Crippen molar-refractivity contribution in [3.05, 3.63) is 106 Å². The van der Waals surface area contributed by atoms with Crippen LogP contribution in [0.4, 0.5) is 0 Å². The lowest BCUT2D eigenvalue weighted by Gasteiger charge is -2.24. The maximum absolute atomic E-state index is 13.3. The monoisotopic (exact) mass is 519 g/mol. The molecule has 4 rings (SSSR count). The van der Waals surface area contributed by atoms with Gasteiger partial charge in [-0.15, -0.1) is 12.4 Å². The number of aryl methyl sites for hydroxylation is 2. The number of nitrogens with zero attached hydrogens (tertiary/aromatic N) is 3. The van der Waals surface area contributed by atoms with Gasteiger partial charge in [0.05, 0.1) is 12.1 Å². The Morgan fingerprint density at radius 1 is 0.973 bits per heavy atom. The second kappa shape index (κ2) is 13.6. The second-order valence-corrected chi connectivity index (χ2v) is 9.08. The van der Waals surface area contributed by atoms with Crippen molar-refractivity contribution in [3.8, 4) is 5.75 Å². The molecule has 4 aromatic rings. The van der Waals surface area contributed by atoms with E-state index in [1.165, 1.54) is 0 Å². The van der Waals surface area contributed by atoms with Gasteiger partial charge in [-0.05, 0) is 80.1 Å². The molecule has 0 fully saturated rings. The van der Waals surface area contributed by atoms with Crippen LogP contribution in [0.1, 0.15) is 40.7 Å². The first kappa shape index (κ1) is 27.9. The molecule has 0 spiro atoms. The summed E-state index contributed by atoms with van der Waals surface area (Å²) in [5.41, 5.74) is 3.76. The minimum Gasteiger partial charge on any atom is -0.494 e. The van der Waals surface area contributed by atoms with Crippen molar-refractivity contribution in [3.63, 3.8) is 0 Å². The van der Waals surface area contributed by atoms with Gasteiger partial charge in [-0.3, -0.25) is 14.6 Å². The Balaban J connectivity index is 0.00000380. The Bertz CT molecular complexity index is 1370. The van der Waals surface area contributed by atoms with Gasteiger partial charge in [0.1, 0.15) is 5.75 Å². The van der Waals surface area contributed by atoms with E-state index in [0.29, 0.717) is 19.7 Å². The number of hydrogen-bond donors (Lipinski definition) is 0. The molecule has 194 valence electrons. The number of benzene rings is 2. The summed E-state index contributed by atoms with van der Waals surface area (Å²) in [5, 5.41) is 0.980. The van der Waals surface area contributed by atoms with Crippen LogP contribution in [-0.4, -0.2) is 40.1 Å². The summed E-state index contributed by atoms with van der Waals surface area (Å²) in [6.07, 6.45) is 7.19. The van der Waals surface area contributed by atoms with E-state index >= 15 is 0 Å². The SMILES string of the molecule is Cc1ccccc1C(=O)N(CCCCCOc1ccc2c(ccc(=O)n2C)c1)CCc1cccnc1.Cl. The van der Waals surface area contributed by atoms with Gasteiger partial charge in [0.2, 0.25) is 0 Å². The van der Waals surface area contributed by atoms with E-state index < -0.39 is 0 Å². The molecular weight excluding hydrogens is 486 g/mol. The van der Waals surface area contributed by atoms with Crippen LogP contribution in [0.3, 0.4) is 0 Å². The topological polar surface area (TPSA) is 64.4 Å². The molecule has 0 N–H and O–H groups in total. The molecule has 7 heteroatoms. The number of pyridine rings is 2. The predicted octanol–water partition coefficient (Wildman–Crippen LogP) is 5.60. The third kappa shape index (κ3) is 7.43. The average Bonchev–Trinajstić information content (AvgIpc) is 2.90. The highest BCUT2D eigenvalue weighted by atomic mass is 35.5. The number of fused-ring (bicyclic) bond motifs is 1. The van der Waals surface area contributed by atoms with Crippen molar-refractivity contribution in [2.45, 2.75) is 32.6 Å². The zero-order valence-electron chi connectivity index (χ0n) is 21.4. The van der Waals surface area contributed by atoms with Crippen LogP contribution < -0.4 is 10.3 Å². The standard InChI is InChI=1S/C30H33N3O3.ClH/c1-23-9-4-5-11-27(23)30(35)33(19-16-24-10-8-17-31-22-24)18-6-3-7-20-36-26-13-14-28-25(21-26)12-15-29(34)32(28)2;/h4-5,8-15,17,21-22H,3,6-7,16,18-20H2,1-2H3;1H. The molecule has 2 heterocycles. The van der Waals surface area contributed by atoms with Gasteiger partial charge in [-0.2, -0.15) is 0 Å². The predicted molar refractivity (Wildman–Crippen MR) is 151 cm³/mol. The number of ether oxygens (including phenoxy) is 1. The Labute approximate surface area is 224 Å². The Kier molecular flexibility index (Phi) is 10.3. The van der Waals surface area contributed by atoms with E-state index in [0.717, 1.165) is 59.0 Å². The van der Waals surface area contributed by atoms with Gasteiger partial charge in [-0.1, -0.05) is 24.3 Å². The molecule has 0 saturated carbocycles.